The molecule has 0 saturated carbocycles. The molecule has 2 aromatic carbocycles. The maximum Gasteiger partial charge on any atom is 0.404 e. The number of hydrogen-bond donors (Lipinski definition) is 2. The second-order valence-corrected chi connectivity index (χ2v) is 7.64. The molecule has 2 N–H and O–H groups in total. The average molecular weight is 434 g/mol. The fourth-order valence-electron chi connectivity index (χ4n) is 3.89. The summed E-state index contributed by atoms with van der Waals surface area (Å²) < 4.78 is 25.6. The summed E-state index contributed by atoms with van der Waals surface area (Å²) >= 11 is 0. The topological polar surface area (TPSA) is 97.7 Å². The molecular formula is C23H19FN4O4. The largest absolute Gasteiger partial charge is 0.423 e. The summed E-state index contributed by atoms with van der Waals surface area (Å²) in [6.07, 6.45) is 0. The molecule has 1 unspecified atom stereocenters. The lowest BCUT2D eigenvalue weighted by Crippen LogP contribution is -2.29. The van der Waals surface area contributed by atoms with Gasteiger partial charge in [0.2, 0.25) is 0 Å². The minimum atomic E-state index is -2.34. The van der Waals surface area contributed by atoms with Crippen molar-refractivity contribution in [2.75, 3.05) is 5.32 Å². The average Bonchev–Trinajstić information content (AvgIpc) is 3.24. The van der Waals surface area contributed by atoms with E-state index in [1.165, 1.54) is 16.6 Å². The number of anilines is 1. The van der Waals surface area contributed by atoms with Crippen LogP contribution in [0.1, 0.15) is 28.7 Å². The van der Waals surface area contributed by atoms with E-state index in [1.807, 2.05) is 37.3 Å². The molecule has 0 fully saturated rings. The van der Waals surface area contributed by atoms with Gasteiger partial charge in [0.05, 0.1) is 11.4 Å². The molecule has 1 aliphatic heterocycles. The molecule has 1 aliphatic rings. The van der Waals surface area contributed by atoms with Crippen molar-refractivity contribution >= 4 is 17.2 Å². The highest BCUT2D eigenvalue weighted by molar-refractivity contribution is 6.06. The third-order valence-corrected chi connectivity index (χ3v) is 5.24. The number of rotatable bonds is 3. The van der Waals surface area contributed by atoms with Gasteiger partial charge in [0.25, 0.3) is 11.5 Å². The van der Waals surface area contributed by atoms with E-state index < -0.39 is 17.5 Å². The van der Waals surface area contributed by atoms with Crippen molar-refractivity contribution in [2.45, 2.75) is 26.8 Å². The number of para-hydroxylation sites is 1. The number of H-pyrrole nitrogens is 1. The van der Waals surface area contributed by atoms with Crippen molar-refractivity contribution < 1.29 is 18.7 Å². The van der Waals surface area contributed by atoms with Crippen LogP contribution in [-0.2, 0) is 0 Å². The van der Waals surface area contributed by atoms with E-state index >= 15 is 0 Å². The third-order valence-electron chi connectivity index (χ3n) is 5.24. The number of alkyl halides is 1. The van der Waals surface area contributed by atoms with Gasteiger partial charge in [-0.15, -0.1) is 0 Å². The van der Waals surface area contributed by atoms with Crippen LogP contribution in [0, 0.1) is 13.8 Å². The first-order chi connectivity index (χ1) is 15.2. The van der Waals surface area contributed by atoms with Gasteiger partial charge < -0.3 is 14.8 Å². The number of nitrogens with one attached hydrogen (secondary N) is 2. The maximum absolute atomic E-state index is 14.1. The minimum absolute atomic E-state index is 0.0553. The summed E-state index contributed by atoms with van der Waals surface area (Å²) in [5, 5.41) is 5.62. The monoisotopic (exact) mass is 434 g/mol. The number of aromatic nitrogens is 3. The van der Waals surface area contributed by atoms with Crippen LogP contribution in [0.4, 0.5) is 10.1 Å². The quantitative estimate of drug-likeness (QED) is 0.509. The number of fused-ring (bicyclic) bond motifs is 2. The van der Waals surface area contributed by atoms with E-state index in [0.717, 1.165) is 23.7 Å². The number of benzene rings is 2. The number of aryl methyl sites for hydroxylation is 2. The Morgan fingerprint density at radius 1 is 1.12 bits per heavy atom. The van der Waals surface area contributed by atoms with Gasteiger partial charge in [-0.2, -0.15) is 4.39 Å². The Kier molecular flexibility index (Phi) is 4.30. The molecule has 4 aromatic rings. The van der Waals surface area contributed by atoms with Crippen molar-refractivity contribution in [1.29, 1.82) is 0 Å². The number of carbonyl (C=O) groups is 1. The Morgan fingerprint density at radius 3 is 2.62 bits per heavy atom. The van der Waals surface area contributed by atoms with Gasteiger partial charge in [0, 0.05) is 18.2 Å². The van der Waals surface area contributed by atoms with Crippen LogP contribution in [0.3, 0.4) is 0 Å². The first-order valence-electron chi connectivity index (χ1n) is 9.94. The van der Waals surface area contributed by atoms with Gasteiger partial charge in [0.1, 0.15) is 5.56 Å². The lowest BCUT2D eigenvalue weighted by molar-refractivity contribution is -0.173. The highest BCUT2D eigenvalue weighted by Crippen LogP contribution is 2.45. The molecule has 0 bridgehead atoms. The van der Waals surface area contributed by atoms with E-state index in [0.29, 0.717) is 5.65 Å². The minimum Gasteiger partial charge on any atom is -0.423 e. The van der Waals surface area contributed by atoms with Crippen molar-refractivity contribution in [2.24, 2.45) is 0 Å². The Morgan fingerprint density at radius 2 is 1.88 bits per heavy atom. The predicted molar refractivity (Wildman–Crippen MR) is 116 cm³/mol. The molecule has 5 rings (SSSR count). The smallest absolute Gasteiger partial charge is 0.404 e. The summed E-state index contributed by atoms with van der Waals surface area (Å²) in [7, 11) is 0. The summed E-state index contributed by atoms with van der Waals surface area (Å²) in [4.78, 5) is 30.8. The van der Waals surface area contributed by atoms with E-state index in [2.05, 4.69) is 15.4 Å². The lowest BCUT2D eigenvalue weighted by Gasteiger charge is -2.12. The van der Waals surface area contributed by atoms with Gasteiger partial charge in [0.15, 0.2) is 17.1 Å². The Labute approximate surface area is 181 Å². The molecule has 3 heterocycles. The lowest BCUT2D eigenvalue weighted by atomic mass is 10.1. The number of nitrogens with zero attached hydrogens (tertiary/aromatic N) is 2. The highest BCUT2D eigenvalue weighted by atomic mass is 19.2. The third kappa shape index (κ3) is 3.09. The number of carbonyl (C=O) groups excluding carboxylic acids is 1. The Bertz CT molecular complexity index is 1440. The van der Waals surface area contributed by atoms with Gasteiger partial charge >= 0.3 is 6.04 Å². The normalized spacial score (nSPS) is 17.0. The van der Waals surface area contributed by atoms with Gasteiger partial charge in [-0.05, 0) is 31.5 Å². The number of ether oxygens (including phenoxy) is 2. The van der Waals surface area contributed by atoms with Gasteiger partial charge in [-0.1, -0.05) is 36.4 Å². The highest BCUT2D eigenvalue weighted by Gasteiger charge is 2.38. The fraction of sp³-hybridized carbons (Fsp3) is 0.174. The van der Waals surface area contributed by atoms with Crippen LogP contribution >= 0.6 is 0 Å². The van der Waals surface area contributed by atoms with Crippen molar-refractivity contribution in [1.82, 2.24) is 14.6 Å². The summed E-state index contributed by atoms with van der Waals surface area (Å²) in [5.41, 5.74) is 2.63. The summed E-state index contributed by atoms with van der Waals surface area (Å²) in [5.74, 6) is -0.477. The molecule has 162 valence electrons. The molecule has 9 heteroatoms. The molecular weight excluding hydrogens is 415 g/mol. The summed E-state index contributed by atoms with van der Waals surface area (Å²) in [6, 6.07) is 11.9. The summed E-state index contributed by atoms with van der Waals surface area (Å²) in [6.45, 7) is 4.55. The van der Waals surface area contributed by atoms with Crippen LogP contribution in [0.5, 0.6) is 11.5 Å². The predicted octanol–water partition coefficient (Wildman–Crippen LogP) is 3.97. The van der Waals surface area contributed by atoms with Crippen LogP contribution in [0.25, 0.3) is 16.8 Å². The molecule has 1 amide bonds. The molecule has 1 atom stereocenters. The molecule has 0 saturated heterocycles. The number of hydrogen-bond acceptors (Lipinski definition) is 5. The van der Waals surface area contributed by atoms with E-state index in [4.69, 9.17) is 9.47 Å². The first-order valence-corrected chi connectivity index (χ1v) is 9.94. The standard InChI is InChI=1S/C23H19FN4O4/c1-12-18(21(29)26-15-10-7-11-16-19(15)32-23(3,24)31-16)22(30)28-20(25-12)17(13(2)27-28)14-8-5-4-6-9-14/h4-11,27H,1-3H3,(H,26,29). The molecule has 0 aliphatic carbocycles. The Balaban J connectivity index is 1.57. The zero-order valence-electron chi connectivity index (χ0n) is 17.5. The van der Waals surface area contributed by atoms with E-state index in [1.54, 1.807) is 13.0 Å². The molecule has 32 heavy (non-hydrogen) atoms. The zero-order valence-corrected chi connectivity index (χ0v) is 17.5. The molecule has 2 aromatic heterocycles. The van der Waals surface area contributed by atoms with Crippen molar-refractivity contribution in [3.63, 3.8) is 0 Å². The van der Waals surface area contributed by atoms with Crippen molar-refractivity contribution in [3.05, 3.63) is 75.8 Å². The maximum atomic E-state index is 14.1. The Hall–Kier alpha value is -4.14. The second kappa shape index (κ2) is 6.94. The molecule has 0 spiro atoms. The van der Waals surface area contributed by atoms with Gasteiger partial charge in [-0.3, -0.25) is 14.7 Å². The van der Waals surface area contributed by atoms with Crippen molar-refractivity contribution in [3.8, 4) is 22.6 Å². The molecule has 8 nitrogen and oxygen atoms in total. The molecule has 0 radical (unpaired) electrons. The number of amides is 1. The SMILES string of the molecule is Cc1nc2c(-c3ccccc3)c(C)[nH]n2c(=O)c1C(=O)Nc1cccc2c1OC(C)(F)O2. The van der Waals surface area contributed by atoms with Crippen LogP contribution in [-0.4, -0.2) is 26.5 Å². The number of halogens is 1. The van der Waals surface area contributed by atoms with Crippen LogP contribution in [0.15, 0.2) is 53.3 Å². The zero-order chi connectivity index (χ0) is 22.6. The fourth-order valence-corrected chi connectivity index (χ4v) is 3.89. The number of aromatic amines is 1. The van der Waals surface area contributed by atoms with Crippen LogP contribution in [0.2, 0.25) is 0 Å². The van der Waals surface area contributed by atoms with E-state index in [9.17, 15) is 14.0 Å². The van der Waals surface area contributed by atoms with Crippen LogP contribution < -0.4 is 20.3 Å². The van der Waals surface area contributed by atoms with E-state index in [-0.39, 0.29) is 28.4 Å². The first kappa shape index (κ1) is 19.8. The van der Waals surface area contributed by atoms with Gasteiger partial charge in [-0.25, -0.2) is 9.50 Å². The second-order valence-electron chi connectivity index (χ2n) is 7.64.